The molecule has 1 aliphatic heterocycles. The first-order valence-electron chi connectivity index (χ1n) is 8.71. The van der Waals surface area contributed by atoms with Crippen LogP contribution >= 0.6 is 23.4 Å². The van der Waals surface area contributed by atoms with Crippen LogP contribution in [0.4, 0.5) is 0 Å². The second-order valence-electron chi connectivity index (χ2n) is 6.26. The lowest BCUT2D eigenvalue weighted by Gasteiger charge is -2.33. The number of benzene rings is 1. The summed E-state index contributed by atoms with van der Waals surface area (Å²) in [4.78, 5) is 22.8. The van der Waals surface area contributed by atoms with Gasteiger partial charge in [0.1, 0.15) is 22.4 Å². The first kappa shape index (κ1) is 18.1. The number of oxazole rings is 1. The van der Waals surface area contributed by atoms with Gasteiger partial charge in [0.2, 0.25) is 5.91 Å². The van der Waals surface area contributed by atoms with E-state index in [2.05, 4.69) is 9.97 Å². The molecule has 0 N–H and O–H groups in total. The fourth-order valence-electron chi connectivity index (χ4n) is 3.03. The number of hydrogen-bond donors (Lipinski definition) is 0. The molecule has 3 aromatic rings. The lowest BCUT2D eigenvalue weighted by atomic mass is 10.1. The summed E-state index contributed by atoms with van der Waals surface area (Å²) < 4.78 is 11.6. The Kier molecular flexibility index (Phi) is 5.50. The molecule has 0 spiro atoms. The van der Waals surface area contributed by atoms with Crippen LogP contribution in [0.2, 0.25) is 5.02 Å². The molecule has 2 aromatic heterocycles. The van der Waals surface area contributed by atoms with Crippen LogP contribution in [-0.2, 0) is 4.79 Å². The summed E-state index contributed by atoms with van der Waals surface area (Å²) in [6.45, 7) is 1.28. The van der Waals surface area contributed by atoms with Gasteiger partial charge >= 0.3 is 0 Å². The number of carbonyl (C=O) groups is 1. The van der Waals surface area contributed by atoms with Gasteiger partial charge in [-0.25, -0.2) is 4.98 Å². The van der Waals surface area contributed by atoms with Crippen LogP contribution < -0.4 is 4.74 Å². The number of piperidine rings is 1. The van der Waals surface area contributed by atoms with Crippen LogP contribution in [0, 0.1) is 0 Å². The number of thioether (sulfide) groups is 1. The second-order valence-corrected chi connectivity index (χ2v) is 7.60. The number of nitrogens with zero attached hydrogens (tertiary/aromatic N) is 3. The number of rotatable bonds is 5. The molecule has 0 saturated carbocycles. The third kappa shape index (κ3) is 4.36. The summed E-state index contributed by atoms with van der Waals surface area (Å²) in [6.07, 6.45) is 4.91. The minimum absolute atomic E-state index is 0.0522. The zero-order chi connectivity index (χ0) is 18.6. The Labute approximate surface area is 165 Å². The summed E-state index contributed by atoms with van der Waals surface area (Å²) in [7, 11) is 0. The van der Waals surface area contributed by atoms with Crippen molar-refractivity contribution in [1.29, 1.82) is 0 Å². The van der Waals surface area contributed by atoms with E-state index in [4.69, 9.17) is 20.8 Å². The lowest BCUT2D eigenvalue weighted by molar-refractivity contribution is -0.130. The predicted octanol–water partition coefficient (Wildman–Crippen LogP) is 4.04. The van der Waals surface area contributed by atoms with Crippen molar-refractivity contribution in [3.05, 3.63) is 47.7 Å². The van der Waals surface area contributed by atoms with Crippen molar-refractivity contribution in [2.45, 2.75) is 24.2 Å². The maximum Gasteiger partial charge on any atom is 0.257 e. The molecule has 1 atom stereocenters. The highest BCUT2D eigenvalue weighted by Crippen LogP contribution is 2.27. The number of hydrogen-bond acceptors (Lipinski definition) is 6. The van der Waals surface area contributed by atoms with E-state index in [-0.39, 0.29) is 17.8 Å². The first-order chi connectivity index (χ1) is 13.2. The molecule has 1 saturated heterocycles. The monoisotopic (exact) mass is 403 g/mol. The molecule has 3 heterocycles. The Morgan fingerprint density at radius 3 is 3.11 bits per heavy atom. The molecule has 4 rings (SSSR count). The largest absolute Gasteiger partial charge is 0.487 e. The van der Waals surface area contributed by atoms with Crippen LogP contribution in [0.15, 0.2) is 52.4 Å². The van der Waals surface area contributed by atoms with Crippen molar-refractivity contribution in [1.82, 2.24) is 14.9 Å². The van der Waals surface area contributed by atoms with E-state index in [0.717, 1.165) is 30.5 Å². The third-order valence-electron chi connectivity index (χ3n) is 4.35. The molecule has 0 radical (unpaired) electrons. The zero-order valence-corrected chi connectivity index (χ0v) is 16.1. The quantitative estimate of drug-likeness (QED) is 0.599. The molecule has 1 amide bonds. The van der Waals surface area contributed by atoms with Crippen molar-refractivity contribution in [2.75, 3.05) is 18.8 Å². The number of amides is 1. The van der Waals surface area contributed by atoms with Crippen LogP contribution in [0.3, 0.4) is 0 Å². The van der Waals surface area contributed by atoms with Gasteiger partial charge < -0.3 is 14.1 Å². The highest BCUT2D eigenvalue weighted by molar-refractivity contribution is 7.99. The normalized spacial score (nSPS) is 17.2. The SMILES string of the molecule is O=C(CSc1nc2ccccc2o1)N1CCCC(Oc2ccncc2Cl)C1. The summed E-state index contributed by atoms with van der Waals surface area (Å²) in [5, 5.41) is 0.991. The molecule has 1 aromatic carbocycles. The summed E-state index contributed by atoms with van der Waals surface area (Å²) in [5.41, 5.74) is 1.53. The van der Waals surface area contributed by atoms with Crippen molar-refractivity contribution in [3.8, 4) is 5.75 Å². The van der Waals surface area contributed by atoms with Gasteiger partial charge in [0, 0.05) is 25.0 Å². The highest BCUT2D eigenvalue weighted by atomic mass is 35.5. The lowest BCUT2D eigenvalue weighted by Crippen LogP contribution is -2.45. The summed E-state index contributed by atoms with van der Waals surface area (Å²) in [5.74, 6) is 0.943. The van der Waals surface area contributed by atoms with Crippen molar-refractivity contribution in [3.63, 3.8) is 0 Å². The Morgan fingerprint density at radius 2 is 2.26 bits per heavy atom. The maximum absolute atomic E-state index is 12.6. The molecular weight excluding hydrogens is 386 g/mol. The topological polar surface area (TPSA) is 68.5 Å². The smallest absolute Gasteiger partial charge is 0.257 e. The minimum Gasteiger partial charge on any atom is -0.487 e. The van der Waals surface area contributed by atoms with Gasteiger partial charge in [-0.1, -0.05) is 35.5 Å². The standard InChI is InChI=1S/C19H18ClN3O3S/c20-14-10-21-8-7-16(14)25-13-4-3-9-23(11-13)18(24)12-27-19-22-15-5-1-2-6-17(15)26-19/h1-2,5-8,10,13H,3-4,9,11-12H2. The molecule has 140 valence electrons. The van der Waals surface area contributed by atoms with Crippen LogP contribution in [-0.4, -0.2) is 45.7 Å². The number of likely N-dealkylation sites (tertiary alicyclic amines) is 1. The first-order valence-corrected chi connectivity index (χ1v) is 10.1. The molecule has 1 aliphatic rings. The van der Waals surface area contributed by atoms with Gasteiger partial charge in [-0.15, -0.1) is 0 Å². The van der Waals surface area contributed by atoms with Gasteiger partial charge in [0.25, 0.3) is 5.22 Å². The number of pyridine rings is 1. The number of ether oxygens (including phenoxy) is 1. The van der Waals surface area contributed by atoms with E-state index in [0.29, 0.717) is 22.5 Å². The molecule has 1 fully saturated rings. The number of halogens is 1. The van der Waals surface area contributed by atoms with Crippen LogP contribution in [0.25, 0.3) is 11.1 Å². The Hall–Kier alpha value is -2.25. The summed E-state index contributed by atoms with van der Waals surface area (Å²) in [6, 6.07) is 9.31. The Bertz CT molecular complexity index is 916. The van der Waals surface area contributed by atoms with Gasteiger partial charge in [-0.2, -0.15) is 0 Å². The Balaban J connectivity index is 1.33. The third-order valence-corrected chi connectivity index (χ3v) is 5.45. The number of aromatic nitrogens is 2. The van der Waals surface area contributed by atoms with E-state index >= 15 is 0 Å². The average Bonchev–Trinajstić information content (AvgIpc) is 3.11. The highest BCUT2D eigenvalue weighted by Gasteiger charge is 2.25. The fourth-order valence-corrected chi connectivity index (χ4v) is 3.93. The second kappa shape index (κ2) is 8.19. The molecule has 27 heavy (non-hydrogen) atoms. The van der Waals surface area contributed by atoms with E-state index in [1.54, 1.807) is 18.5 Å². The predicted molar refractivity (Wildman–Crippen MR) is 104 cm³/mol. The molecule has 0 bridgehead atoms. The molecular formula is C19H18ClN3O3S. The van der Waals surface area contributed by atoms with Crippen molar-refractivity contribution in [2.24, 2.45) is 0 Å². The van der Waals surface area contributed by atoms with Crippen molar-refractivity contribution < 1.29 is 13.9 Å². The van der Waals surface area contributed by atoms with Crippen LogP contribution in [0.5, 0.6) is 5.75 Å². The van der Waals surface area contributed by atoms with E-state index in [1.807, 2.05) is 29.2 Å². The summed E-state index contributed by atoms with van der Waals surface area (Å²) >= 11 is 7.42. The van der Waals surface area contributed by atoms with E-state index < -0.39 is 0 Å². The maximum atomic E-state index is 12.6. The van der Waals surface area contributed by atoms with Gasteiger partial charge in [0.15, 0.2) is 5.58 Å². The van der Waals surface area contributed by atoms with Crippen molar-refractivity contribution >= 4 is 40.4 Å². The number of para-hydroxylation sites is 2. The van der Waals surface area contributed by atoms with Gasteiger partial charge in [0.05, 0.1) is 12.3 Å². The molecule has 1 unspecified atom stereocenters. The number of carbonyl (C=O) groups excluding carboxylic acids is 1. The fraction of sp³-hybridized carbons (Fsp3) is 0.316. The molecule has 8 heteroatoms. The van der Waals surface area contributed by atoms with Crippen LogP contribution in [0.1, 0.15) is 12.8 Å². The van der Waals surface area contributed by atoms with Gasteiger partial charge in [-0.05, 0) is 25.0 Å². The Morgan fingerprint density at radius 1 is 1.37 bits per heavy atom. The van der Waals surface area contributed by atoms with E-state index in [9.17, 15) is 4.79 Å². The molecule has 0 aliphatic carbocycles. The molecule has 6 nitrogen and oxygen atoms in total. The average molecular weight is 404 g/mol. The van der Waals surface area contributed by atoms with Gasteiger partial charge in [-0.3, -0.25) is 9.78 Å². The van der Waals surface area contributed by atoms with E-state index in [1.165, 1.54) is 11.8 Å². The number of fused-ring (bicyclic) bond motifs is 1. The minimum atomic E-state index is -0.0723. The zero-order valence-electron chi connectivity index (χ0n) is 14.5.